The van der Waals surface area contributed by atoms with E-state index in [0.717, 1.165) is 11.1 Å². The number of anilines is 3. The third-order valence-corrected chi connectivity index (χ3v) is 3.71. The van der Waals surface area contributed by atoms with Crippen molar-refractivity contribution in [2.75, 3.05) is 22.5 Å². The molecule has 0 aliphatic rings. The van der Waals surface area contributed by atoms with Gasteiger partial charge in [0.1, 0.15) is 11.6 Å². The number of benzene rings is 2. The summed E-state index contributed by atoms with van der Waals surface area (Å²) in [6, 6.07) is 12.3. The van der Waals surface area contributed by atoms with Gasteiger partial charge in [-0.15, -0.1) is 18.8 Å². The van der Waals surface area contributed by atoms with Gasteiger partial charge in [-0.05, 0) is 35.4 Å². The summed E-state index contributed by atoms with van der Waals surface area (Å²) in [4.78, 5) is 12.9. The Morgan fingerprint density at radius 1 is 0.690 bits per heavy atom. The van der Waals surface area contributed by atoms with Crippen molar-refractivity contribution in [3.63, 3.8) is 0 Å². The highest BCUT2D eigenvalue weighted by molar-refractivity contribution is 5.85. The SMILES string of the molecule is C#CCNc1nc(NCc2ccc(F)cc2)nc(NCc2ccc(F)cc2)n1.Cl. The molecule has 0 saturated carbocycles. The van der Waals surface area contributed by atoms with E-state index in [9.17, 15) is 8.78 Å². The molecule has 2 aromatic carbocycles. The number of rotatable bonds is 8. The van der Waals surface area contributed by atoms with Gasteiger partial charge in [-0.1, -0.05) is 30.2 Å². The molecule has 0 atom stereocenters. The van der Waals surface area contributed by atoms with Crippen LogP contribution in [0.1, 0.15) is 11.1 Å². The van der Waals surface area contributed by atoms with E-state index in [1.165, 1.54) is 24.3 Å². The van der Waals surface area contributed by atoms with E-state index in [1.807, 2.05) is 0 Å². The molecular weight excluding hydrogens is 398 g/mol. The molecule has 0 saturated heterocycles. The van der Waals surface area contributed by atoms with Gasteiger partial charge in [0.2, 0.25) is 17.8 Å². The minimum atomic E-state index is -0.294. The average molecular weight is 417 g/mol. The fourth-order valence-electron chi connectivity index (χ4n) is 2.31. The fourth-order valence-corrected chi connectivity index (χ4v) is 2.31. The molecule has 1 aromatic heterocycles. The number of nitrogens with zero attached hydrogens (tertiary/aromatic N) is 3. The van der Waals surface area contributed by atoms with Crippen LogP contribution in [0.2, 0.25) is 0 Å². The quantitative estimate of drug-likeness (QED) is 0.484. The maximum Gasteiger partial charge on any atom is 0.230 e. The molecule has 0 unspecified atom stereocenters. The summed E-state index contributed by atoms with van der Waals surface area (Å²) in [6.45, 7) is 1.09. The lowest BCUT2D eigenvalue weighted by atomic mass is 10.2. The summed E-state index contributed by atoms with van der Waals surface area (Å²) in [7, 11) is 0. The first-order valence-electron chi connectivity index (χ1n) is 8.52. The molecule has 0 amide bonds. The van der Waals surface area contributed by atoms with E-state index in [1.54, 1.807) is 24.3 Å². The van der Waals surface area contributed by atoms with Crippen molar-refractivity contribution < 1.29 is 8.78 Å². The summed E-state index contributed by atoms with van der Waals surface area (Å²) in [5.74, 6) is 2.85. The zero-order chi connectivity index (χ0) is 19.8. The summed E-state index contributed by atoms with van der Waals surface area (Å²) < 4.78 is 26.0. The molecule has 0 aliphatic carbocycles. The van der Waals surface area contributed by atoms with E-state index in [-0.39, 0.29) is 30.6 Å². The van der Waals surface area contributed by atoms with Gasteiger partial charge >= 0.3 is 0 Å². The molecule has 3 N–H and O–H groups in total. The average Bonchev–Trinajstić information content (AvgIpc) is 2.71. The Morgan fingerprint density at radius 3 is 1.45 bits per heavy atom. The first-order chi connectivity index (χ1) is 13.6. The van der Waals surface area contributed by atoms with Crippen molar-refractivity contribution >= 4 is 30.3 Å². The first kappa shape index (κ1) is 21.9. The molecule has 0 spiro atoms. The largest absolute Gasteiger partial charge is 0.350 e. The fraction of sp³-hybridized carbons (Fsp3) is 0.150. The monoisotopic (exact) mass is 416 g/mol. The van der Waals surface area contributed by atoms with Gasteiger partial charge in [0.25, 0.3) is 0 Å². The highest BCUT2D eigenvalue weighted by Gasteiger charge is 2.07. The second kappa shape index (κ2) is 10.8. The van der Waals surface area contributed by atoms with Crippen LogP contribution in [0.4, 0.5) is 26.6 Å². The molecule has 9 heteroatoms. The van der Waals surface area contributed by atoms with Gasteiger partial charge in [-0.25, -0.2) is 8.78 Å². The lowest BCUT2D eigenvalue weighted by molar-refractivity contribution is 0.626. The molecule has 3 aromatic rings. The minimum absolute atomic E-state index is 0. The third kappa shape index (κ3) is 6.90. The molecule has 0 fully saturated rings. The van der Waals surface area contributed by atoms with E-state index in [2.05, 4.69) is 36.8 Å². The molecule has 0 bridgehead atoms. The smallest absolute Gasteiger partial charge is 0.230 e. The van der Waals surface area contributed by atoms with Crippen molar-refractivity contribution in [2.24, 2.45) is 0 Å². The van der Waals surface area contributed by atoms with Crippen LogP contribution in [0.5, 0.6) is 0 Å². The number of terminal acetylenes is 1. The molecule has 0 radical (unpaired) electrons. The molecule has 29 heavy (non-hydrogen) atoms. The second-order valence-electron chi connectivity index (χ2n) is 5.82. The van der Waals surface area contributed by atoms with Crippen LogP contribution in [-0.4, -0.2) is 21.5 Å². The van der Waals surface area contributed by atoms with Gasteiger partial charge in [-0.2, -0.15) is 15.0 Å². The van der Waals surface area contributed by atoms with Crippen LogP contribution < -0.4 is 16.0 Å². The van der Waals surface area contributed by atoms with Crippen molar-refractivity contribution in [3.8, 4) is 12.3 Å². The van der Waals surface area contributed by atoms with Crippen molar-refractivity contribution in [3.05, 3.63) is 71.3 Å². The van der Waals surface area contributed by atoms with E-state index < -0.39 is 0 Å². The molecule has 3 rings (SSSR count). The van der Waals surface area contributed by atoms with Gasteiger partial charge in [0.05, 0.1) is 6.54 Å². The zero-order valence-electron chi connectivity index (χ0n) is 15.3. The molecular formula is C20H19ClF2N6. The minimum Gasteiger partial charge on any atom is -0.350 e. The maximum absolute atomic E-state index is 13.0. The van der Waals surface area contributed by atoms with Crippen molar-refractivity contribution in [1.29, 1.82) is 0 Å². The number of nitrogens with one attached hydrogen (secondary N) is 3. The van der Waals surface area contributed by atoms with Crippen LogP contribution in [0, 0.1) is 24.0 Å². The summed E-state index contributed by atoms with van der Waals surface area (Å²) >= 11 is 0. The normalized spacial score (nSPS) is 9.83. The molecule has 150 valence electrons. The van der Waals surface area contributed by atoms with Gasteiger partial charge in [0, 0.05) is 13.1 Å². The highest BCUT2D eigenvalue weighted by atomic mass is 35.5. The number of aromatic nitrogens is 3. The number of hydrogen-bond donors (Lipinski definition) is 3. The Hall–Kier alpha value is -3.44. The maximum atomic E-state index is 13.0. The lowest BCUT2D eigenvalue weighted by Crippen LogP contribution is -2.12. The standard InChI is InChI=1S/C20H18F2N6.ClH/c1-2-11-23-18-26-19(24-12-14-3-7-16(21)8-4-14)28-20(27-18)25-13-15-5-9-17(22)10-6-15;/h1,3-10H,11-13H2,(H3,23,24,25,26,27,28);1H. The zero-order valence-corrected chi connectivity index (χ0v) is 16.1. The van der Waals surface area contributed by atoms with Gasteiger partial charge < -0.3 is 16.0 Å². The Morgan fingerprint density at radius 2 is 1.07 bits per heavy atom. The molecule has 6 nitrogen and oxygen atoms in total. The topological polar surface area (TPSA) is 74.8 Å². The predicted octanol–water partition coefficient (Wildman–Crippen LogP) is 3.84. The summed E-state index contributed by atoms with van der Waals surface area (Å²) in [6.07, 6.45) is 5.27. The highest BCUT2D eigenvalue weighted by Crippen LogP contribution is 2.13. The van der Waals surface area contributed by atoms with E-state index in [0.29, 0.717) is 30.9 Å². The van der Waals surface area contributed by atoms with E-state index >= 15 is 0 Å². The van der Waals surface area contributed by atoms with Gasteiger partial charge in [-0.3, -0.25) is 0 Å². The molecule has 1 heterocycles. The van der Waals surface area contributed by atoms with Crippen LogP contribution in [0.15, 0.2) is 48.5 Å². The Labute approximate surface area is 173 Å². The number of halogens is 3. The Kier molecular flexibility index (Phi) is 8.12. The van der Waals surface area contributed by atoms with E-state index in [4.69, 9.17) is 6.42 Å². The Balaban J connectivity index is 0.00000300. The molecule has 0 aliphatic heterocycles. The third-order valence-electron chi connectivity index (χ3n) is 3.71. The Bertz CT molecular complexity index is 890. The van der Waals surface area contributed by atoms with Crippen molar-refractivity contribution in [2.45, 2.75) is 13.1 Å². The summed E-state index contributed by atoms with van der Waals surface area (Å²) in [5.41, 5.74) is 1.75. The first-order valence-corrected chi connectivity index (χ1v) is 8.52. The van der Waals surface area contributed by atoms with Crippen LogP contribution in [0.3, 0.4) is 0 Å². The van der Waals surface area contributed by atoms with Gasteiger partial charge in [0.15, 0.2) is 0 Å². The van der Waals surface area contributed by atoms with Crippen LogP contribution in [0.25, 0.3) is 0 Å². The van der Waals surface area contributed by atoms with Crippen molar-refractivity contribution in [1.82, 2.24) is 15.0 Å². The number of hydrogen-bond acceptors (Lipinski definition) is 6. The second-order valence-corrected chi connectivity index (χ2v) is 5.82. The van der Waals surface area contributed by atoms with Crippen LogP contribution in [-0.2, 0) is 13.1 Å². The lowest BCUT2D eigenvalue weighted by Gasteiger charge is -2.11. The van der Waals surface area contributed by atoms with Crippen LogP contribution >= 0.6 is 12.4 Å². The predicted molar refractivity (Wildman–Crippen MR) is 112 cm³/mol. The summed E-state index contributed by atoms with van der Waals surface area (Å²) in [5, 5.41) is 9.06.